The summed E-state index contributed by atoms with van der Waals surface area (Å²) in [6.45, 7) is 8.33. The number of phenolic OH excluding ortho intramolecular Hbond substituents is 1. The fourth-order valence-corrected chi connectivity index (χ4v) is 4.73. The average Bonchev–Trinajstić information content (AvgIpc) is 2.88. The van der Waals surface area contributed by atoms with Crippen molar-refractivity contribution >= 4 is 17.5 Å². The van der Waals surface area contributed by atoms with Crippen LogP contribution in [0.1, 0.15) is 98.9 Å². The lowest BCUT2D eigenvalue weighted by Gasteiger charge is -2.35. The predicted octanol–water partition coefficient (Wildman–Crippen LogP) is 6.24. The molecule has 0 radical (unpaired) electrons. The van der Waals surface area contributed by atoms with Crippen LogP contribution in [0.4, 0.5) is 0 Å². The standard InChI is InChI=1S/C31H40O8/c1-5-10-25-27(15-14-23(21(3)32)30(25)35)38-17-8-7-16-31(4)20-26(33)24-13-12-22(19-28(24)39-31)37-18-9-11-29(34)36-6-2/h12-15,19,35H,5-11,16-18,20H2,1-4H3. The lowest BCUT2D eigenvalue weighted by molar-refractivity contribution is -0.143. The van der Waals surface area contributed by atoms with E-state index in [0.29, 0.717) is 85.9 Å². The topological polar surface area (TPSA) is 108 Å². The molecule has 0 aromatic heterocycles. The van der Waals surface area contributed by atoms with E-state index < -0.39 is 5.60 Å². The van der Waals surface area contributed by atoms with Gasteiger partial charge in [0.25, 0.3) is 0 Å². The van der Waals surface area contributed by atoms with Gasteiger partial charge in [0.1, 0.15) is 28.6 Å². The molecule has 0 spiro atoms. The quantitative estimate of drug-likeness (QED) is 0.161. The van der Waals surface area contributed by atoms with Crippen molar-refractivity contribution < 1.29 is 38.4 Å². The summed E-state index contributed by atoms with van der Waals surface area (Å²) in [5.74, 6) is 1.31. The highest BCUT2D eigenvalue weighted by molar-refractivity contribution is 6.00. The summed E-state index contributed by atoms with van der Waals surface area (Å²) in [4.78, 5) is 36.1. The van der Waals surface area contributed by atoms with Crippen molar-refractivity contribution in [3.63, 3.8) is 0 Å². The number of aromatic hydroxyl groups is 1. The Morgan fingerprint density at radius 3 is 2.54 bits per heavy atom. The maximum absolute atomic E-state index is 12.8. The summed E-state index contributed by atoms with van der Waals surface area (Å²) in [5, 5.41) is 10.5. The highest BCUT2D eigenvalue weighted by atomic mass is 16.5. The predicted molar refractivity (Wildman–Crippen MR) is 147 cm³/mol. The number of phenols is 1. The van der Waals surface area contributed by atoms with E-state index in [1.54, 1.807) is 37.3 Å². The van der Waals surface area contributed by atoms with Crippen molar-refractivity contribution in [2.75, 3.05) is 19.8 Å². The van der Waals surface area contributed by atoms with E-state index in [1.165, 1.54) is 6.92 Å². The molecule has 0 aliphatic carbocycles. The Kier molecular flexibility index (Phi) is 10.8. The molecule has 0 saturated heterocycles. The van der Waals surface area contributed by atoms with Gasteiger partial charge in [0.05, 0.1) is 37.4 Å². The Morgan fingerprint density at radius 2 is 1.82 bits per heavy atom. The van der Waals surface area contributed by atoms with Crippen LogP contribution in [0.25, 0.3) is 0 Å². The van der Waals surface area contributed by atoms with Crippen LogP contribution in [-0.2, 0) is 16.0 Å². The number of fused-ring (bicyclic) bond motifs is 1. The number of carbonyl (C=O) groups is 3. The van der Waals surface area contributed by atoms with E-state index in [0.717, 1.165) is 19.3 Å². The van der Waals surface area contributed by atoms with E-state index in [9.17, 15) is 19.5 Å². The normalized spacial score (nSPS) is 16.3. The molecule has 1 heterocycles. The Hall–Kier alpha value is -3.55. The molecule has 1 aliphatic heterocycles. The van der Waals surface area contributed by atoms with E-state index in [4.69, 9.17) is 18.9 Å². The first-order chi connectivity index (χ1) is 18.7. The third-order valence-electron chi connectivity index (χ3n) is 6.72. The third-order valence-corrected chi connectivity index (χ3v) is 6.72. The van der Waals surface area contributed by atoms with E-state index >= 15 is 0 Å². The van der Waals surface area contributed by atoms with Crippen molar-refractivity contribution in [1.29, 1.82) is 0 Å². The Morgan fingerprint density at radius 1 is 1.05 bits per heavy atom. The molecule has 8 nitrogen and oxygen atoms in total. The van der Waals surface area contributed by atoms with Gasteiger partial charge in [-0.2, -0.15) is 0 Å². The number of Topliss-reactive ketones (excluding diaryl/α,β-unsaturated/α-hetero) is 2. The molecule has 1 N–H and O–H groups in total. The summed E-state index contributed by atoms with van der Waals surface area (Å²) < 4.78 is 23.0. The maximum Gasteiger partial charge on any atom is 0.305 e. The van der Waals surface area contributed by atoms with Crippen LogP contribution in [0.3, 0.4) is 0 Å². The smallest absolute Gasteiger partial charge is 0.305 e. The van der Waals surface area contributed by atoms with Crippen LogP contribution in [0.15, 0.2) is 30.3 Å². The number of benzene rings is 2. The number of esters is 1. The van der Waals surface area contributed by atoms with Crippen LogP contribution < -0.4 is 14.2 Å². The minimum Gasteiger partial charge on any atom is -0.507 e. The van der Waals surface area contributed by atoms with Crippen molar-refractivity contribution in [1.82, 2.24) is 0 Å². The largest absolute Gasteiger partial charge is 0.507 e. The van der Waals surface area contributed by atoms with E-state index in [1.807, 2.05) is 13.8 Å². The fraction of sp³-hybridized carbons (Fsp3) is 0.516. The molecule has 1 atom stereocenters. The lowest BCUT2D eigenvalue weighted by Crippen LogP contribution is -2.39. The number of hydrogen-bond acceptors (Lipinski definition) is 8. The van der Waals surface area contributed by atoms with Crippen LogP contribution >= 0.6 is 0 Å². The molecule has 1 unspecified atom stereocenters. The molecule has 0 saturated carbocycles. The molecule has 1 aliphatic rings. The van der Waals surface area contributed by atoms with Gasteiger partial charge in [-0.25, -0.2) is 0 Å². The molecular weight excluding hydrogens is 500 g/mol. The van der Waals surface area contributed by atoms with Gasteiger partial charge in [-0.05, 0) is 77.1 Å². The minimum absolute atomic E-state index is 0.00416. The summed E-state index contributed by atoms with van der Waals surface area (Å²) in [7, 11) is 0. The van der Waals surface area contributed by atoms with Crippen molar-refractivity contribution in [2.45, 2.75) is 84.7 Å². The minimum atomic E-state index is -0.638. The molecule has 0 bridgehead atoms. The van der Waals surface area contributed by atoms with Crippen LogP contribution in [-0.4, -0.2) is 48.1 Å². The second-order valence-electron chi connectivity index (χ2n) is 10.1. The maximum atomic E-state index is 12.8. The number of unbranched alkanes of at least 4 members (excludes halogenated alkanes) is 1. The first-order valence-electron chi connectivity index (χ1n) is 13.8. The molecule has 0 fully saturated rings. The summed E-state index contributed by atoms with van der Waals surface area (Å²) in [5.41, 5.74) is 0.880. The molecule has 3 rings (SSSR count). The first kappa shape index (κ1) is 30.0. The number of rotatable bonds is 15. The summed E-state index contributed by atoms with van der Waals surface area (Å²) >= 11 is 0. The van der Waals surface area contributed by atoms with Crippen LogP contribution in [0, 0.1) is 0 Å². The molecule has 2 aromatic rings. The highest BCUT2D eigenvalue weighted by Crippen LogP contribution is 2.38. The number of ether oxygens (including phenoxy) is 4. The van der Waals surface area contributed by atoms with Crippen LogP contribution in [0.5, 0.6) is 23.0 Å². The molecular formula is C31H40O8. The zero-order chi connectivity index (χ0) is 28.4. The Balaban J connectivity index is 1.52. The molecule has 0 amide bonds. The fourth-order valence-electron chi connectivity index (χ4n) is 4.73. The van der Waals surface area contributed by atoms with Gasteiger partial charge < -0.3 is 24.1 Å². The third kappa shape index (κ3) is 8.22. The van der Waals surface area contributed by atoms with Gasteiger partial charge in [0.2, 0.25) is 0 Å². The van der Waals surface area contributed by atoms with Gasteiger partial charge in [0, 0.05) is 18.1 Å². The second kappa shape index (κ2) is 14.0. The van der Waals surface area contributed by atoms with Gasteiger partial charge in [-0.15, -0.1) is 0 Å². The number of carbonyl (C=O) groups excluding carboxylic acids is 3. The lowest BCUT2D eigenvalue weighted by atomic mass is 9.87. The van der Waals surface area contributed by atoms with Crippen molar-refractivity contribution in [3.8, 4) is 23.0 Å². The first-order valence-corrected chi connectivity index (χ1v) is 13.8. The van der Waals surface area contributed by atoms with Gasteiger partial charge in [0.15, 0.2) is 11.6 Å². The molecule has 8 heteroatoms. The average molecular weight is 541 g/mol. The van der Waals surface area contributed by atoms with Crippen LogP contribution in [0.2, 0.25) is 0 Å². The SMILES string of the molecule is CCCc1c(OCCCCC2(C)CC(=O)c3ccc(OCCCC(=O)OCC)cc3O2)ccc(C(C)=O)c1O. The zero-order valence-corrected chi connectivity index (χ0v) is 23.5. The molecule has 39 heavy (non-hydrogen) atoms. The van der Waals surface area contributed by atoms with Crippen molar-refractivity contribution in [2.24, 2.45) is 0 Å². The molecule has 212 valence electrons. The van der Waals surface area contributed by atoms with Gasteiger partial charge in [-0.1, -0.05) is 13.3 Å². The molecule has 2 aromatic carbocycles. The zero-order valence-electron chi connectivity index (χ0n) is 23.5. The number of ketones is 2. The Bertz CT molecular complexity index is 1170. The highest BCUT2D eigenvalue weighted by Gasteiger charge is 2.36. The van der Waals surface area contributed by atoms with Crippen molar-refractivity contribution in [3.05, 3.63) is 47.0 Å². The second-order valence-corrected chi connectivity index (χ2v) is 10.1. The number of hydrogen-bond donors (Lipinski definition) is 1. The van der Waals surface area contributed by atoms with Gasteiger partial charge in [-0.3, -0.25) is 14.4 Å². The Labute approximate surface area is 230 Å². The summed E-state index contributed by atoms with van der Waals surface area (Å²) in [6.07, 6.45) is 4.75. The van der Waals surface area contributed by atoms with Gasteiger partial charge >= 0.3 is 5.97 Å². The summed E-state index contributed by atoms with van der Waals surface area (Å²) in [6, 6.07) is 8.57. The van der Waals surface area contributed by atoms with E-state index in [2.05, 4.69) is 0 Å². The van der Waals surface area contributed by atoms with E-state index in [-0.39, 0.29) is 23.3 Å². The monoisotopic (exact) mass is 540 g/mol.